The summed E-state index contributed by atoms with van der Waals surface area (Å²) in [5.41, 5.74) is 1.69. The molecule has 0 N–H and O–H groups in total. The number of likely N-dealkylation sites (N-methyl/N-ethyl adjacent to an activating group) is 1. The second kappa shape index (κ2) is 9.70. The molecule has 2 fully saturated rings. The lowest BCUT2D eigenvalue weighted by Gasteiger charge is -2.36. The second-order valence-electron chi connectivity index (χ2n) is 8.40. The molecule has 2 aliphatic heterocycles. The van der Waals surface area contributed by atoms with E-state index in [1.54, 1.807) is 32.2 Å². The Hall–Kier alpha value is -3.00. The summed E-state index contributed by atoms with van der Waals surface area (Å²) in [6, 6.07) is 7.97. The summed E-state index contributed by atoms with van der Waals surface area (Å²) < 4.78 is 15.2. The summed E-state index contributed by atoms with van der Waals surface area (Å²) in [7, 11) is 3.71. The fraction of sp³-hybridized carbons (Fsp3) is 0.333. The van der Waals surface area contributed by atoms with Crippen LogP contribution < -0.4 is 10.5 Å². The molecule has 4 rings (SSSR count). The van der Waals surface area contributed by atoms with Crippen LogP contribution in [0, 0.1) is 24.1 Å². The number of benzene rings is 1. The van der Waals surface area contributed by atoms with Crippen molar-refractivity contribution in [1.82, 2.24) is 14.4 Å². The number of rotatable bonds is 4. The van der Waals surface area contributed by atoms with E-state index in [1.807, 2.05) is 13.1 Å². The van der Waals surface area contributed by atoms with Crippen LogP contribution in [0.3, 0.4) is 0 Å². The molecular formula is C24H24FN5O2S2. The number of piperazine rings is 1. The molecule has 34 heavy (non-hydrogen) atoms. The van der Waals surface area contributed by atoms with Gasteiger partial charge in [0.05, 0.1) is 11.4 Å². The Labute approximate surface area is 207 Å². The topological polar surface area (TPSA) is 72.6 Å². The van der Waals surface area contributed by atoms with Gasteiger partial charge in [0.25, 0.3) is 11.5 Å². The molecular weight excluding hydrogens is 473 g/mol. The number of amides is 1. The molecule has 0 saturated carbocycles. The highest BCUT2D eigenvalue weighted by atomic mass is 32.2. The minimum Gasteiger partial charge on any atom is -0.355 e. The average molecular weight is 498 g/mol. The first-order valence-corrected chi connectivity index (χ1v) is 12.0. The maximum Gasteiger partial charge on any atom is 0.270 e. The molecule has 1 amide bonds. The fourth-order valence-corrected chi connectivity index (χ4v) is 5.39. The quantitative estimate of drug-likeness (QED) is 0.475. The summed E-state index contributed by atoms with van der Waals surface area (Å²) in [6.07, 6.45) is 1.74. The highest BCUT2D eigenvalue weighted by Crippen LogP contribution is 2.36. The van der Waals surface area contributed by atoms with Gasteiger partial charge in [-0.1, -0.05) is 36.1 Å². The van der Waals surface area contributed by atoms with E-state index >= 15 is 0 Å². The van der Waals surface area contributed by atoms with Gasteiger partial charge in [-0.2, -0.15) is 5.26 Å². The van der Waals surface area contributed by atoms with Gasteiger partial charge < -0.3 is 9.80 Å². The third-order valence-corrected chi connectivity index (χ3v) is 7.55. The third-order valence-electron chi connectivity index (χ3n) is 6.17. The predicted molar refractivity (Wildman–Crippen MR) is 136 cm³/mol. The van der Waals surface area contributed by atoms with Gasteiger partial charge in [0, 0.05) is 38.8 Å². The molecule has 2 aliphatic rings. The van der Waals surface area contributed by atoms with Gasteiger partial charge in [-0.3, -0.25) is 19.1 Å². The lowest BCUT2D eigenvalue weighted by molar-refractivity contribution is -0.122. The summed E-state index contributed by atoms with van der Waals surface area (Å²) in [4.78, 5) is 32.4. The fourth-order valence-electron chi connectivity index (χ4n) is 4.15. The number of nitriles is 1. The zero-order chi connectivity index (χ0) is 24.6. The van der Waals surface area contributed by atoms with E-state index in [0.29, 0.717) is 26.2 Å². The average Bonchev–Trinajstić information content (AvgIpc) is 3.07. The van der Waals surface area contributed by atoms with Gasteiger partial charge in [-0.05, 0) is 43.3 Å². The molecule has 0 bridgehead atoms. The van der Waals surface area contributed by atoms with E-state index in [0.717, 1.165) is 31.7 Å². The molecule has 1 aromatic heterocycles. The zero-order valence-electron chi connectivity index (χ0n) is 19.2. The van der Waals surface area contributed by atoms with Gasteiger partial charge in [-0.25, -0.2) is 4.39 Å². The van der Waals surface area contributed by atoms with Crippen molar-refractivity contribution in [3.05, 3.63) is 67.6 Å². The van der Waals surface area contributed by atoms with Crippen LogP contribution in [0.25, 0.3) is 6.08 Å². The highest BCUT2D eigenvalue weighted by Gasteiger charge is 2.33. The van der Waals surface area contributed by atoms with Crippen LogP contribution in [-0.2, 0) is 18.4 Å². The Morgan fingerprint density at radius 2 is 1.79 bits per heavy atom. The standard InChI is InChI=1S/C24H24FN5O2S2/c1-15-18(21(28(3)22(31)19(15)13-26)29-10-8-27(2)9-11-29)12-20-23(32)30(24(33)34-20)14-16-4-6-17(25)7-5-16/h4-7,12H,8-11,14H2,1-3H3/b20-12-. The van der Waals surface area contributed by atoms with Crippen molar-refractivity contribution >= 4 is 46.1 Å². The van der Waals surface area contributed by atoms with Crippen LogP contribution in [0.1, 0.15) is 22.3 Å². The largest absolute Gasteiger partial charge is 0.355 e. The lowest BCUT2D eigenvalue weighted by atomic mass is 10.0. The summed E-state index contributed by atoms with van der Waals surface area (Å²) in [5, 5.41) is 9.63. The number of pyridine rings is 1. The van der Waals surface area contributed by atoms with Crippen molar-refractivity contribution in [3.63, 3.8) is 0 Å². The van der Waals surface area contributed by atoms with Crippen LogP contribution in [0.15, 0.2) is 34.0 Å². The number of hydrogen-bond acceptors (Lipinski definition) is 7. The van der Waals surface area contributed by atoms with Crippen molar-refractivity contribution in [2.75, 3.05) is 38.1 Å². The summed E-state index contributed by atoms with van der Waals surface area (Å²) in [6.45, 7) is 5.11. The molecule has 2 saturated heterocycles. The van der Waals surface area contributed by atoms with Crippen LogP contribution in [0.4, 0.5) is 10.2 Å². The molecule has 1 aromatic carbocycles. The van der Waals surface area contributed by atoms with Crippen LogP contribution in [0.2, 0.25) is 0 Å². The van der Waals surface area contributed by atoms with E-state index in [4.69, 9.17) is 12.2 Å². The molecule has 0 aliphatic carbocycles. The Morgan fingerprint density at radius 1 is 1.15 bits per heavy atom. The molecule has 176 valence electrons. The van der Waals surface area contributed by atoms with E-state index in [9.17, 15) is 19.2 Å². The second-order valence-corrected chi connectivity index (χ2v) is 10.1. The van der Waals surface area contributed by atoms with E-state index in [2.05, 4.69) is 9.80 Å². The molecule has 0 unspecified atom stereocenters. The molecule has 0 radical (unpaired) electrons. The maximum absolute atomic E-state index is 13.3. The minimum absolute atomic E-state index is 0.0634. The number of hydrogen-bond donors (Lipinski definition) is 0. The number of thiocarbonyl (C=S) groups is 1. The van der Waals surface area contributed by atoms with Gasteiger partial charge in [0.1, 0.15) is 27.6 Å². The van der Waals surface area contributed by atoms with Crippen molar-refractivity contribution < 1.29 is 9.18 Å². The van der Waals surface area contributed by atoms with Crippen LogP contribution in [0.5, 0.6) is 0 Å². The monoisotopic (exact) mass is 497 g/mol. The first-order valence-electron chi connectivity index (χ1n) is 10.8. The Bertz CT molecular complexity index is 1290. The van der Waals surface area contributed by atoms with Crippen molar-refractivity contribution in [2.45, 2.75) is 13.5 Å². The highest BCUT2D eigenvalue weighted by molar-refractivity contribution is 8.26. The van der Waals surface area contributed by atoms with Crippen molar-refractivity contribution in [1.29, 1.82) is 5.26 Å². The molecule has 2 aromatic rings. The van der Waals surface area contributed by atoms with Crippen molar-refractivity contribution in [2.24, 2.45) is 7.05 Å². The number of thioether (sulfide) groups is 1. The molecule has 0 spiro atoms. The molecule has 7 nitrogen and oxygen atoms in total. The number of nitrogens with zero attached hydrogens (tertiary/aromatic N) is 5. The smallest absolute Gasteiger partial charge is 0.270 e. The molecule has 10 heteroatoms. The number of aromatic nitrogens is 1. The Morgan fingerprint density at radius 3 is 2.41 bits per heavy atom. The van der Waals surface area contributed by atoms with Gasteiger partial charge in [-0.15, -0.1) is 0 Å². The lowest BCUT2D eigenvalue weighted by Crippen LogP contribution is -2.46. The first kappa shape index (κ1) is 24.1. The number of carbonyl (C=O) groups excluding carboxylic acids is 1. The number of anilines is 1. The summed E-state index contributed by atoms with van der Waals surface area (Å²) >= 11 is 6.65. The van der Waals surface area contributed by atoms with E-state index < -0.39 is 0 Å². The van der Waals surface area contributed by atoms with Crippen LogP contribution >= 0.6 is 24.0 Å². The van der Waals surface area contributed by atoms with E-state index in [1.165, 1.54) is 33.4 Å². The normalized spacial score (nSPS) is 18.1. The zero-order valence-corrected chi connectivity index (χ0v) is 20.8. The molecule has 0 atom stereocenters. The van der Waals surface area contributed by atoms with Gasteiger partial charge >= 0.3 is 0 Å². The van der Waals surface area contributed by atoms with E-state index in [-0.39, 0.29) is 29.4 Å². The third kappa shape index (κ3) is 4.51. The SMILES string of the molecule is Cc1c(/C=C2\SC(=S)N(Cc3ccc(F)cc3)C2=O)c(N2CCN(C)CC2)n(C)c(=O)c1C#N. The Kier molecular flexibility index (Phi) is 6.89. The number of halogens is 1. The molecule has 3 heterocycles. The first-order chi connectivity index (χ1) is 16.2. The number of carbonyl (C=O) groups is 1. The van der Waals surface area contributed by atoms with Gasteiger partial charge in [0.15, 0.2) is 0 Å². The van der Waals surface area contributed by atoms with Crippen LogP contribution in [-0.4, -0.2) is 57.8 Å². The maximum atomic E-state index is 13.3. The van der Waals surface area contributed by atoms with Crippen molar-refractivity contribution in [3.8, 4) is 6.07 Å². The minimum atomic E-state index is -0.352. The Balaban J connectivity index is 1.75. The summed E-state index contributed by atoms with van der Waals surface area (Å²) in [5.74, 6) is 0.0951. The predicted octanol–water partition coefficient (Wildman–Crippen LogP) is 2.86. The van der Waals surface area contributed by atoms with Gasteiger partial charge in [0.2, 0.25) is 0 Å².